The van der Waals surface area contributed by atoms with Gasteiger partial charge in [-0.3, -0.25) is 0 Å². The van der Waals surface area contributed by atoms with Crippen molar-refractivity contribution in [3.05, 3.63) is 81.8 Å². The molecule has 0 unspecified atom stereocenters. The Kier molecular flexibility index (Phi) is 24.8. The standard InChI is InChI=1S/C9H7.C4H4N.C3H6.2CH3.2ClH.Zr/c1-2-5-9-7-3-6-8(9)4-1;1-2-4-5-3-1;1-3-2;;;;;/h1-7H;1-3,5H;1-2H3;2*1H3;2*1H;/q2*-1;;2*-1;;;. The molecule has 124 valence electrons. The molecule has 0 saturated heterocycles. The summed E-state index contributed by atoms with van der Waals surface area (Å²) in [7, 11) is 0. The van der Waals surface area contributed by atoms with E-state index in [1.54, 1.807) is 24.2 Å². The molecule has 0 aliphatic carbocycles. The van der Waals surface area contributed by atoms with E-state index < -0.39 is 0 Å². The number of fused-ring (bicyclic) bond motifs is 1. The monoisotopic (exact) mass is 415 g/mol. The molecule has 1 N–H and O–H groups in total. The van der Waals surface area contributed by atoms with Crippen LogP contribution in [0.2, 0.25) is 0 Å². The third-order valence-corrected chi connectivity index (χ3v) is 1.99. The SMILES string of the molecule is C[C](C)=[Zr].Cl.Cl.[CH3-].[CH3-].[c-]1ccc[nH]1.c1ccc2[cH-]ccc2c1. The molecule has 0 aliphatic heterocycles. The van der Waals surface area contributed by atoms with Crippen LogP contribution in [0.3, 0.4) is 0 Å². The van der Waals surface area contributed by atoms with E-state index in [-0.39, 0.29) is 39.7 Å². The first-order chi connectivity index (χ1) is 8.70. The Labute approximate surface area is 163 Å². The van der Waals surface area contributed by atoms with E-state index in [9.17, 15) is 0 Å². The van der Waals surface area contributed by atoms with Gasteiger partial charge in [-0.1, -0.05) is 6.07 Å². The van der Waals surface area contributed by atoms with Gasteiger partial charge in [-0.2, -0.15) is 35.8 Å². The summed E-state index contributed by atoms with van der Waals surface area (Å²) in [6.45, 7) is 4.25. The van der Waals surface area contributed by atoms with Crippen molar-refractivity contribution >= 4 is 38.8 Å². The third kappa shape index (κ3) is 14.4. The molecule has 2 aromatic carbocycles. The number of rotatable bonds is 0. The molecule has 0 atom stereocenters. The summed E-state index contributed by atoms with van der Waals surface area (Å²) in [5.41, 5.74) is 0. The van der Waals surface area contributed by atoms with Crippen molar-refractivity contribution in [2.75, 3.05) is 0 Å². The Bertz CT molecular complexity index is 508. The largest absolute Gasteiger partial charge is 0.484 e. The molecule has 4 heteroatoms. The molecular formula is C18H25Cl2NZr-4. The van der Waals surface area contributed by atoms with Crippen LogP contribution in [-0.2, 0) is 24.2 Å². The predicted molar refractivity (Wildman–Crippen MR) is 103 cm³/mol. The van der Waals surface area contributed by atoms with Crippen molar-refractivity contribution in [1.29, 1.82) is 0 Å². The van der Waals surface area contributed by atoms with Gasteiger partial charge in [-0.05, 0) is 0 Å². The molecule has 1 aromatic heterocycles. The molecule has 0 aliphatic rings. The topological polar surface area (TPSA) is 15.8 Å². The van der Waals surface area contributed by atoms with Crippen LogP contribution in [0.25, 0.3) is 10.8 Å². The number of benzene rings is 1. The van der Waals surface area contributed by atoms with Crippen LogP contribution in [0, 0.1) is 21.1 Å². The van der Waals surface area contributed by atoms with Crippen molar-refractivity contribution in [1.82, 2.24) is 4.98 Å². The summed E-state index contributed by atoms with van der Waals surface area (Å²) in [6, 6.07) is 18.4. The van der Waals surface area contributed by atoms with Gasteiger partial charge in [0.1, 0.15) is 0 Å². The molecule has 3 rings (SSSR count). The minimum absolute atomic E-state index is 0. The summed E-state index contributed by atoms with van der Waals surface area (Å²) in [5.74, 6) is 0. The van der Waals surface area contributed by atoms with E-state index in [0.29, 0.717) is 0 Å². The van der Waals surface area contributed by atoms with E-state index >= 15 is 0 Å². The Hall–Kier alpha value is -0.557. The zero-order valence-corrected chi connectivity index (χ0v) is 17.7. The van der Waals surface area contributed by atoms with E-state index in [1.807, 2.05) is 18.3 Å². The minimum atomic E-state index is 0. The van der Waals surface area contributed by atoms with E-state index in [1.165, 1.54) is 14.0 Å². The maximum atomic E-state index is 2.74. The minimum Gasteiger partial charge on any atom is -0.484 e. The van der Waals surface area contributed by atoms with Gasteiger partial charge in [0.15, 0.2) is 0 Å². The van der Waals surface area contributed by atoms with Crippen LogP contribution in [0.5, 0.6) is 0 Å². The molecule has 0 bridgehead atoms. The molecular weight excluding hydrogens is 392 g/mol. The Morgan fingerprint density at radius 1 is 1.05 bits per heavy atom. The maximum Gasteiger partial charge on any atom is -0.0809 e. The number of nitrogens with one attached hydrogen (secondary N) is 1. The summed E-state index contributed by atoms with van der Waals surface area (Å²) in [5, 5.41) is 2.66. The molecule has 0 amide bonds. The van der Waals surface area contributed by atoms with Gasteiger partial charge in [0, 0.05) is 0 Å². The Balaban J connectivity index is -0.000000111. The van der Waals surface area contributed by atoms with Crippen molar-refractivity contribution < 1.29 is 24.2 Å². The summed E-state index contributed by atoms with van der Waals surface area (Å²) >= 11 is 1.55. The van der Waals surface area contributed by atoms with Gasteiger partial charge < -0.3 is 19.8 Å². The van der Waals surface area contributed by atoms with Crippen LogP contribution in [0.1, 0.15) is 13.8 Å². The van der Waals surface area contributed by atoms with Crippen LogP contribution in [-0.4, -0.2) is 8.19 Å². The van der Waals surface area contributed by atoms with Crippen LogP contribution < -0.4 is 0 Å². The molecule has 22 heavy (non-hydrogen) atoms. The van der Waals surface area contributed by atoms with Gasteiger partial charge >= 0.3 is 41.3 Å². The van der Waals surface area contributed by atoms with Gasteiger partial charge in [-0.25, -0.2) is 0 Å². The first-order valence-corrected chi connectivity index (χ1v) is 7.04. The fraction of sp³-hybridized carbons (Fsp3) is 0.111. The van der Waals surface area contributed by atoms with Gasteiger partial charge in [0.2, 0.25) is 0 Å². The smallest absolute Gasteiger partial charge is 0.0809 e. The Morgan fingerprint density at radius 3 is 2.05 bits per heavy atom. The van der Waals surface area contributed by atoms with Crippen LogP contribution >= 0.6 is 24.8 Å². The number of H-pyrrole nitrogens is 1. The maximum absolute atomic E-state index is 2.74. The fourth-order valence-electron chi connectivity index (χ4n) is 1.31. The zero-order chi connectivity index (χ0) is 13.2. The summed E-state index contributed by atoms with van der Waals surface area (Å²) in [6.07, 6.45) is 4.56. The van der Waals surface area contributed by atoms with Crippen molar-refractivity contribution in [2.24, 2.45) is 0 Å². The normalized spacial score (nSPS) is 7.14. The second kappa shape index (κ2) is 18.5. The summed E-state index contributed by atoms with van der Waals surface area (Å²) in [4.78, 5) is 2.74. The van der Waals surface area contributed by atoms with Gasteiger partial charge in [0.05, 0.1) is 0 Å². The molecule has 0 spiro atoms. The first-order valence-electron chi connectivity index (χ1n) is 5.82. The zero-order valence-electron chi connectivity index (χ0n) is 13.6. The van der Waals surface area contributed by atoms with E-state index in [2.05, 4.69) is 67.5 Å². The van der Waals surface area contributed by atoms with Crippen molar-refractivity contribution in [3.8, 4) is 0 Å². The van der Waals surface area contributed by atoms with Crippen LogP contribution in [0.4, 0.5) is 0 Å². The number of hydrogen-bond donors (Lipinski definition) is 1. The number of aromatic amines is 1. The number of hydrogen-bond acceptors (Lipinski definition) is 0. The number of halogens is 2. The molecule has 0 radical (unpaired) electrons. The van der Waals surface area contributed by atoms with Gasteiger partial charge in [-0.15, -0.1) is 60.7 Å². The quantitative estimate of drug-likeness (QED) is 0.441. The van der Waals surface area contributed by atoms with Crippen molar-refractivity contribution in [3.63, 3.8) is 0 Å². The average Bonchev–Trinajstić information content (AvgIpc) is 3.03. The molecule has 0 fully saturated rings. The molecule has 3 aromatic rings. The van der Waals surface area contributed by atoms with Crippen LogP contribution in [0.15, 0.2) is 60.8 Å². The second-order valence-electron chi connectivity index (χ2n) is 3.97. The molecule has 0 saturated carbocycles. The van der Waals surface area contributed by atoms with E-state index in [4.69, 9.17) is 0 Å². The Morgan fingerprint density at radius 2 is 1.64 bits per heavy atom. The average molecular weight is 418 g/mol. The molecule has 1 nitrogen and oxygen atoms in total. The van der Waals surface area contributed by atoms with E-state index in [0.717, 1.165) is 0 Å². The fourth-order valence-corrected chi connectivity index (χ4v) is 1.31. The van der Waals surface area contributed by atoms with Gasteiger partial charge in [0.25, 0.3) is 0 Å². The van der Waals surface area contributed by atoms with Crippen molar-refractivity contribution in [2.45, 2.75) is 13.8 Å². The molecule has 1 heterocycles. The second-order valence-corrected chi connectivity index (χ2v) is 6.43. The summed E-state index contributed by atoms with van der Waals surface area (Å²) < 4.78 is 1.51. The predicted octanol–water partition coefficient (Wildman–Crippen LogP) is 5.86. The number of aromatic nitrogens is 1. The first kappa shape index (κ1) is 29.5. The third-order valence-electron chi connectivity index (χ3n) is 1.99.